The number of aliphatic carboxylic acids is 1. The Morgan fingerprint density at radius 2 is 1.75 bits per heavy atom. The van der Waals surface area contributed by atoms with Crippen LogP contribution >= 0.6 is 0 Å². The highest BCUT2D eigenvalue weighted by molar-refractivity contribution is 5.88. The summed E-state index contributed by atoms with van der Waals surface area (Å²) in [4.78, 5) is 44.3. The van der Waals surface area contributed by atoms with E-state index < -0.39 is 12.0 Å². The van der Waals surface area contributed by atoms with Gasteiger partial charge in [0, 0.05) is 6.42 Å². The van der Waals surface area contributed by atoms with E-state index in [0.717, 1.165) is 0 Å². The van der Waals surface area contributed by atoms with E-state index >= 15 is 0 Å². The first kappa shape index (κ1) is 18.2. The van der Waals surface area contributed by atoms with Crippen molar-refractivity contribution >= 4 is 23.4 Å². The van der Waals surface area contributed by atoms with Crippen molar-refractivity contribution in [2.24, 2.45) is 0 Å². The van der Waals surface area contributed by atoms with Gasteiger partial charge in [0.15, 0.2) is 5.78 Å². The molecule has 0 saturated carbocycles. The molecule has 0 unspecified atom stereocenters. The van der Waals surface area contributed by atoms with Gasteiger partial charge >= 0.3 is 5.97 Å². The Labute approximate surface area is 117 Å². The number of rotatable bonds is 11. The van der Waals surface area contributed by atoms with Gasteiger partial charge in [-0.1, -0.05) is 0 Å². The molecule has 0 fully saturated rings. The lowest BCUT2D eigenvalue weighted by atomic mass is 10.1. The van der Waals surface area contributed by atoms with E-state index in [1.165, 1.54) is 6.92 Å². The van der Waals surface area contributed by atoms with E-state index in [4.69, 9.17) is 5.11 Å². The smallest absolute Gasteiger partial charge is 0.303 e. The van der Waals surface area contributed by atoms with Crippen molar-refractivity contribution in [1.82, 2.24) is 16.0 Å². The Kier molecular flexibility index (Phi) is 9.14. The molecular formula is C12H21N3O5. The average molecular weight is 287 g/mol. The molecule has 0 aliphatic rings. The monoisotopic (exact) mass is 287 g/mol. The molecule has 114 valence electrons. The van der Waals surface area contributed by atoms with Gasteiger partial charge in [-0.05, 0) is 20.4 Å². The number of likely N-dealkylation sites (N-methyl/N-ethyl adjacent to an activating group) is 1. The van der Waals surface area contributed by atoms with Crippen LogP contribution in [0.1, 0.15) is 19.8 Å². The summed E-state index contributed by atoms with van der Waals surface area (Å²) in [5.41, 5.74) is 0. The molecule has 0 aromatic carbocycles. The molecule has 0 aliphatic heterocycles. The maximum absolute atomic E-state index is 11.5. The van der Waals surface area contributed by atoms with E-state index in [9.17, 15) is 19.2 Å². The van der Waals surface area contributed by atoms with Gasteiger partial charge in [0.25, 0.3) is 0 Å². The van der Waals surface area contributed by atoms with Crippen molar-refractivity contribution in [2.75, 3.05) is 26.7 Å². The molecule has 0 bridgehead atoms. The molecule has 0 saturated heterocycles. The molecule has 8 nitrogen and oxygen atoms in total. The minimum atomic E-state index is -0.997. The predicted molar refractivity (Wildman–Crippen MR) is 71.3 cm³/mol. The molecule has 0 aromatic heterocycles. The fraction of sp³-hybridized carbons (Fsp3) is 0.667. The van der Waals surface area contributed by atoms with Gasteiger partial charge in [-0.2, -0.15) is 0 Å². The van der Waals surface area contributed by atoms with E-state index in [0.29, 0.717) is 0 Å². The molecule has 0 aliphatic carbocycles. The van der Waals surface area contributed by atoms with Crippen LogP contribution < -0.4 is 16.0 Å². The quantitative estimate of drug-likeness (QED) is 0.357. The molecule has 8 heteroatoms. The number of hydrogen-bond acceptors (Lipinski definition) is 6. The van der Waals surface area contributed by atoms with Crippen LogP contribution in [0.5, 0.6) is 0 Å². The third kappa shape index (κ3) is 9.17. The molecular weight excluding hydrogens is 266 g/mol. The molecule has 0 aromatic rings. The number of carbonyl (C=O) groups excluding carboxylic acids is 3. The maximum atomic E-state index is 11.5. The number of carboxylic acids is 1. The highest BCUT2D eigenvalue weighted by Crippen LogP contribution is 1.98. The van der Waals surface area contributed by atoms with Crippen molar-refractivity contribution in [3.05, 3.63) is 0 Å². The lowest BCUT2D eigenvalue weighted by Crippen LogP contribution is -2.43. The minimum absolute atomic E-state index is 0.0936. The summed E-state index contributed by atoms with van der Waals surface area (Å²) in [6.45, 7) is 1.23. The van der Waals surface area contributed by atoms with Crippen LogP contribution in [-0.4, -0.2) is 61.3 Å². The van der Waals surface area contributed by atoms with Crippen molar-refractivity contribution in [3.8, 4) is 0 Å². The number of amides is 1. The van der Waals surface area contributed by atoms with E-state index in [2.05, 4.69) is 16.0 Å². The van der Waals surface area contributed by atoms with Crippen molar-refractivity contribution in [1.29, 1.82) is 0 Å². The Balaban J connectivity index is 4.02. The molecule has 0 spiro atoms. The second kappa shape index (κ2) is 10.0. The second-order valence-corrected chi connectivity index (χ2v) is 4.32. The predicted octanol–water partition coefficient (Wildman–Crippen LogP) is -1.70. The third-order valence-electron chi connectivity index (χ3n) is 2.50. The first-order valence-electron chi connectivity index (χ1n) is 6.25. The SMILES string of the molecule is CNCC(=O)NCC(=O)CN[C@@H](CCC(=O)O)C(C)=O. The summed E-state index contributed by atoms with van der Waals surface area (Å²) in [5.74, 6) is -1.80. The lowest BCUT2D eigenvalue weighted by molar-refractivity contribution is -0.137. The molecule has 1 amide bonds. The minimum Gasteiger partial charge on any atom is -0.481 e. The summed E-state index contributed by atoms with van der Waals surface area (Å²) in [6, 6.07) is -0.664. The molecule has 0 rings (SSSR count). The Morgan fingerprint density at radius 3 is 2.25 bits per heavy atom. The largest absolute Gasteiger partial charge is 0.481 e. The molecule has 4 N–H and O–H groups in total. The third-order valence-corrected chi connectivity index (χ3v) is 2.50. The number of ketones is 2. The van der Waals surface area contributed by atoms with Crippen LogP contribution in [0.3, 0.4) is 0 Å². The number of Topliss-reactive ketones (excluding diaryl/α,β-unsaturated/α-hetero) is 2. The summed E-state index contributed by atoms with van der Waals surface area (Å²) in [7, 11) is 1.61. The van der Waals surface area contributed by atoms with Crippen molar-refractivity contribution in [3.63, 3.8) is 0 Å². The van der Waals surface area contributed by atoms with Crippen LogP contribution in [0.25, 0.3) is 0 Å². The first-order valence-corrected chi connectivity index (χ1v) is 6.25. The Hall–Kier alpha value is -1.80. The Morgan fingerprint density at radius 1 is 1.10 bits per heavy atom. The number of hydrogen-bond donors (Lipinski definition) is 4. The fourth-order valence-corrected chi connectivity index (χ4v) is 1.44. The molecule has 20 heavy (non-hydrogen) atoms. The van der Waals surface area contributed by atoms with E-state index in [1.54, 1.807) is 7.05 Å². The second-order valence-electron chi connectivity index (χ2n) is 4.32. The zero-order valence-corrected chi connectivity index (χ0v) is 11.7. The summed E-state index contributed by atoms with van der Waals surface area (Å²) in [5, 5.41) is 16.3. The van der Waals surface area contributed by atoms with Crippen LogP contribution in [0.15, 0.2) is 0 Å². The molecule has 0 heterocycles. The van der Waals surface area contributed by atoms with Gasteiger partial charge in [0.2, 0.25) is 5.91 Å². The topological polar surface area (TPSA) is 125 Å². The van der Waals surface area contributed by atoms with E-state index in [-0.39, 0.29) is 49.9 Å². The van der Waals surface area contributed by atoms with Gasteiger partial charge in [-0.25, -0.2) is 0 Å². The van der Waals surface area contributed by atoms with Crippen LogP contribution in [-0.2, 0) is 19.2 Å². The standard InChI is InChI=1S/C12H21N3O5/c1-8(16)10(3-4-12(19)20)14-5-9(17)6-15-11(18)7-13-2/h10,13-14H,3-7H2,1-2H3,(H,15,18)(H,19,20)/t10-/m0/s1. The number of nitrogens with one attached hydrogen (secondary N) is 3. The van der Waals surface area contributed by atoms with E-state index in [1.807, 2.05) is 0 Å². The number of carboxylic acid groups (broad SMARTS) is 1. The van der Waals surface area contributed by atoms with Gasteiger partial charge in [-0.3, -0.25) is 19.2 Å². The molecule has 0 radical (unpaired) electrons. The lowest BCUT2D eigenvalue weighted by Gasteiger charge is -2.14. The summed E-state index contributed by atoms with van der Waals surface area (Å²) < 4.78 is 0. The zero-order chi connectivity index (χ0) is 15.5. The number of carbonyl (C=O) groups is 4. The van der Waals surface area contributed by atoms with Crippen LogP contribution in [0.2, 0.25) is 0 Å². The molecule has 1 atom stereocenters. The van der Waals surface area contributed by atoms with Crippen molar-refractivity contribution < 1.29 is 24.3 Å². The summed E-state index contributed by atoms with van der Waals surface area (Å²) >= 11 is 0. The highest BCUT2D eigenvalue weighted by Gasteiger charge is 2.16. The van der Waals surface area contributed by atoms with Gasteiger partial charge in [0.1, 0.15) is 5.78 Å². The van der Waals surface area contributed by atoms with Crippen LogP contribution in [0.4, 0.5) is 0 Å². The normalized spacial score (nSPS) is 11.7. The Bertz CT molecular complexity index is 370. The highest BCUT2D eigenvalue weighted by atomic mass is 16.4. The van der Waals surface area contributed by atoms with Crippen LogP contribution in [0, 0.1) is 0 Å². The fourth-order valence-electron chi connectivity index (χ4n) is 1.44. The van der Waals surface area contributed by atoms with Gasteiger partial charge in [-0.15, -0.1) is 0 Å². The van der Waals surface area contributed by atoms with Gasteiger partial charge < -0.3 is 21.1 Å². The maximum Gasteiger partial charge on any atom is 0.303 e. The summed E-state index contributed by atoms with van der Waals surface area (Å²) in [6.07, 6.45) is -0.0194. The average Bonchev–Trinajstić information content (AvgIpc) is 2.35. The van der Waals surface area contributed by atoms with Gasteiger partial charge in [0.05, 0.1) is 25.7 Å². The first-order chi connectivity index (χ1) is 9.36. The van der Waals surface area contributed by atoms with Crippen molar-refractivity contribution in [2.45, 2.75) is 25.8 Å². The zero-order valence-electron chi connectivity index (χ0n) is 11.7.